The van der Waals surface area contributed by atoms with Gasteiger partial charge in [0.25, 0.3) is 0 Å². The molecule has 0 saturated carbocycles. The van der Waals surface area contributed by atoms with Crippen molar-refractivity contribution in [1.82, 2.24) is 5.32 Å². The lowest BCUT2D eigenvalue weighted by Gasteiger charge is -2.16. The lowest BCUT2D eigenvalue weighted by Crippen LogP contribution is -2.32. The van der Waals surface area contributed by atoms with Crippen LogP contribution in [0.5, 0.6) is 0 Å². The zero-order chi connectivity index (χ0) is 11.0. The summed E-state index contributed by atoms with van der Waals surface area (Å²) in [4.78, 5) is 0. The summed E-state index contributed by atoms with van der Waals surface area (Å²) < 4.78 is 5.05. The fraction of sp³-hybridized carbons (Fsp3) is 1.00. The fourth-order valence-corrected chi connectivity index (χ4v) is 2.04. The first kappa shape index (κ1) is 14.3. The third-order valence-electron chi connectivity index (χ3n) is 2.33. The van der Waals surface area contributed by atoms with E-state index in [4.69, 9.17) is 4.74 Å². The molecule has 0 rings (SSSR count). The van der Waals surface area contributed by atoms with Gasteiger partial charge in [0.15, 0.2) is 0 Å². The zero-order valence-corrected chi connectivity index (χ0v) is 11.0. The van der Waals surface area contributed by atoms with Gasteiger partial charge in [-0.15, -0.1) is 0 Å². The molecule has 0 spiro atoms. The predicted octanol–water partition coefficient (Wildman–Crippen LogP) is 2.39. The molecule has 0 bridgehead atoms. The van der Waals surface area contributed by atoms with Crippen molar-refractivity contribution >= 4 is 11.8 Å². The van der Waals surface area contributed by atoms with Gasteiger partial charge in [0.1, 0.15) is 0 Å². The van der Waals surface area contributed by atoms with Gasteiger partial charge in [-0.2, -0.15) is 11.8 Å². The summed E-state index contributed by atoms with van der Waals surface area (Å²) in [5, 5.41) is 4.19. The highest BCUT2D eigenvalue weighted by atomic mass is 32.2. The topological polar surface area (TPSA) is 21.3 Å². The minimum absolute atomic E-state index is 0.468. The highest BCUT2D eigenvalue weighted by Crippen LogP contribution is 2.17. The Morgan fingerprint density at radius 2 is 1.86 bits per heavy atom. The Balaban J connectivity index is 3.28. The van der Waals surface area contributed by atoms with Crippen molar-refractivity contribution in [2.75, 3.05) is 26.0 Å². The van der Waals surface area contributed by atoms with Crippen LogP contribution in [0.2, 0.25) is 0 Å². The highest BCUT2D eigenvalue weighted by Gasteiger charge is 2.06. The van der Waals surface area contributed by atoms with Crippen LogP contribution in [0.3, 0.4) is 0 Å². The van der Waals surface area contributed by atoms with Crippen molar-refractivity contribution in [1.29, 1.82) is 0 Å². The number of rotatable bonds is 8. The van der Waals surface area contributed by atoms with Gasteiger partial charge >= 0.3 is 0 Å². The lowest BCUT2D eigenvalue weighted by atomic mass is 10.2. The van der Waals surface area contributed by atoms with E-state index in [1.807, 2.05) is 11.8 Å². The third kappa shape index (κ3) is 7.65. The molecule has 0 fully saturated rings. The minimum atomic E-state index is 0.468. The molecule has 86 valence electrons. The second kappa shape index (κ2) is 8.57. The molecule has 0 saturated heterocycles. The first-order valence-electron chi connectivity index (χ1n) is 5.41. The maximum Gasteiger partial charge on any atom is 0.0613 e. The van der Waals surface area contributed by atoms with Crippen LogP contribution in [0.1, 0.15) is 27.7 Å². The molecule has 0 aromatic rings. The van der Waals surface area contributed by atoms with Gasteiger partial charge in [0.2, 0.25) is 0 Å². The summed E-state index contributed by atoms with van der Waals surface area (Å²) >= 11 is 2.04. The van der Waals surface area contributed by atoms with E-state index in [1.54, 1.807) is 7.11 Å². The van der Waals surface area contributed by atoms with Crippen LogP contribution < -0.4 is 5.32 Å². The van der Waals surface area contributed by atoms with E-state index in [9.17, 15) is 0 Å². The largest absolute Gasteiger partial charge is 0.383 e. The molecule has 1 N–H and O–H groups in total. The van der Waals surface area contributed by atoms with Crippen LogP contribution in [0.4, 0.5) is 0 Å². The lowest BCUT2D eigenvalue weighted by molar-refractivity contribution is 0.173. The first-order chi connectivity index (χ1) is 6.57. The summed E-state index contributed by atoms with van der Waals surface area (Å²) in [6, 6.07) is 0.468. The van der Waals surface area contributed by atoms with Crippen LogP contribution in [0.15, 0.2) is 0 Å². The highest BCUT2D eigenvalue weighted by molar-refractivity contribution is 7.99. The van der Waals surface area contributed by atoms with Crippen LogP contribution >= 0.6 is 11.8 Å². The summed E-state index contributed by atoms with van der Waals surface area (Å²) in [5.74, 6) is 1.96. The monoisotopic (exact) mass is 219 g/mol. The average molecular weight is 219 g/mol. The Hall–Kier alpha value is 0.270. The van der Waals surface area contributed by atoms with Gasteiger partial charge in [0, 0.05) is 30.7 Å². The van der Waals surface area contributed by atoms with Crippen molar-refractivity contribution in [3.8, 4) is 0 Å². The standard InChI is InChI=1S/C11H25NOS/c1-9(2)11(4)14-7-6-12-10(3)8-13-5/h9-12H,6-8H2,1-5H3. The fourth-order valence-electron chi connectivity index (χ4n) is 1.05. The molecule has 0 amide bonds. The molecule has 0 aliphatic heterocycles. The zero-order valence-electron chi connectivity index (χ0n) is 10.2. The van der Waals surface area contributed by atoms with Crippen molar-refractivity contribution < 1.29 is 4.74 Å². The van der Waals surface area contributed by atoms with E-state index < -0.39 is 0 Å². The van der Waals surface area contributed by atoms with Crippen molar-refractivity contribution in [2.45, 2.75) is 39.0 Å². The smallest absolute Gasteiger partial charge is 0.0613 e. The average Bonchev–Trinajstić information content (AvgIpc) is 2.12. The van der Waals surface area contributed by atoms with E-state index in [2.05, 4.69) is 33.0 Å². The van der Waals surface area contributed by atoms with Gasteiger partial charge in [-0.05, 0) is 12.8 Å². The van der Waals surface area contributed by atoms with E-state index in [0.717, 1.165) is 24.3 Å². The normalized spacial score (nSPS) is 15.9. The molecule has 14 heavy (non-hydrogen) atoms. The van der Waals surface area contributed by atoms with Crippen LogP contribution in [-0.2, 0) is 4.74 Å². The predicted molar refractivity (Wildman–Crippen MR) is 66.1 cm³/mol. The number of methoxy groups -OCH3 is 1. The molecule has 0 aromatic carbocycles. The molecule has 0 radical (unpaired) electrons. The van der Waals surface area contributed by atoms with E-state index >= 15 is 0 Å². The molecule has 2 nitrogen and oxygen atoms in total. The molecular formula is C11H25NOS. The minimum Gasteiger partial charge on any atom is -0.383 e. The Kier molecular flexibility index (Phi) is 8.73. The molecule has 0 aromatic heterocycles. The molecule has 0 aliphatic carbocycles. The molecule has 0 aliphatic rings. The first-order valence-corrected chi connectivity index (χ1v) is 6.46. The summed E-state index contributed by atoms with van der Waals surface area (Å²) in [6.45, 7) is 10.9. The van der Waals surface area contributed by atoms with Gasteiger partial charge in [-0.25, -0.2) is 0 Å². The number of nitrogens with one attached hydrogen (secondary N) is 1. The van der Waals surface area contributed by atoms with Crippen molar-refractivity contribution in [2.24, 2.45) is 5.92 Å². The molecule has 3 heteroatoms. The SMILES string of the molecule is COCC(C)NCCSC(C)C(C)C. The maximum absolute atomic E-state index is 5.05. The van der Waals surface area contributed by atoms with Crippen LogP contribution in [-0.4, -0.2) is 37.3 Å². The number of thioether (sulfide) groups is 1. The van der Waals surface area contributed by atoms with Crippen LogP contribution in [0, 0.1) is 5.92 Å². The summed E-state index contributed by atoms with van der Waals surface area (Å²) in [7, 11) is 1.74. The van der Waals surface area contributed by atoms with Crippen LogP contribution in [0.25, 0.3) is 0 Å². The van der Waals surface area contributed by atoms with E-state index in [1.165, 1.54) is 5.75 Å². The maximum atomic E-state index is 5.05. The second-order valence-electron chi connectivity index (χ2n) is 4.13. The number of hydrogen-bond donors (Lipinski definition) is 1. The molecule has 2 atom stereocenters. The van der Waals surface area contributed by atoms with Crippen molar-refractivity contribution in [3.63, 3.8) is 0 Å². The third-order valence-corrected chi connectivity index (χ3v) is 3.84. The summed E-state index contributed by atoms with van der Waals surface area (Å²) in [5.41, 5.74) is 0. The Morgan fingerprint density at radius 3 is 2.36 bits per heavy atom. The Labute approximate surface area is 93.2 Å². The summed E-state index contributed by atoms with van der Waals surface area (Å²) in [6.07, 6.45) is 0. The van der Waals surface area contributed by atoms with Gasteiger partial charge in [0.05, 0.1) is 6.61 Å². The van der Waals surface area contributed by atoms with Crippen molar-refractivity contribution in [3.05, 3.63) is 0 Å². The van der Waals surface area contributed by atoms with E-state index in [-0.39, 0.29) is 0 Å². The quantitative estimate of drug-likeness (QED) is 0.633. The van der Waals surface area contributed by atoms with E-state index in [0.29, 0.717) is 6.04 Å². The molecular weight excluding hydrogens is 194 g/mol. The molecule has 0 heterocycles. The molecule has 2 unspecified atom stereocenters. The Bertz CT molecular complexity index is 130. The van der Waals surface area contributed by atoms with Gasteiger partial charge < -0.3 is 10.1 Å². The van der Waals surface area contributed by atoms with Gasteiger partial charge in [-0.1, -0.05) is 20.8 Å². The Morgan fingerprint density at radius 1 is 1.21 bits per heavy atom. The number of hydrogen-bond acceptors (Lipinski definition) is 3. The van der Waals surface area contributed by atoms with Gasteiger partial charge in [-0.3, -0.25) is 0 Å². The number of ether oxygens (including phenoxy) is 1. The second-order valence-corrected chi connectivity index (χ2v) is 5.62.